The summed E-state index contributed by atoms with van der Waals surface area (Å²) in [6, 6.07) is 19.4. The van der Waals surface area contributed by atoms with E-state index in [0.29, 0.717) is 18.8 Å². The van der Waals surface area contributed by atoms with Gasteiger partial charge < -0.3 is 10.2 Å². The van der Waals surface area contributed by atoms with Crippen molar-refractivity contribution in [3.8, 4) is 0 Å². The van der Waals surface area contributed by atoms with Gasteiger partial charge in [-0.3, -0.25) is 9.59 Å². The van der Waals surface area contributed by atoms with E-state index in [4.69, 9.17) is 0 Å². The number of nitrogens with one attached hydrogen (secondary N) is 1. The van der Waals surface area contributed by atoms with E-state index in [1.807, 2.05) is 55.5 Å². The molecule has 2 aromatic carbocycles. The van der Waals surface area contributed by atoms with Crippen LogP contribution in [0.25, 0.3) is 0 Å². The van der Waals surface area contributed by atoms with Gasteiger partial charge in [0.2, 0.25) is 11.8 Å². The first kappa shape index (κ1) is 22.0. The zero-order valence-corrected chi connectivity index (χ0v) is 17.6. The van der Waals surface area contributed by atoms with E-state index in [1.54, 1.807) is 16.7 Å². The van der Waals surface area contributed by atoms with Crippen molar-refractivity contribution in [2.45, 2.75) is 45.0 Å². The van der Waals surface area contributed by atoms with Gasteiger partial charge in [0.25, 0.3) is 0 Å². The van der Waals surface area contributed by atoms with Crippen molar-refractivity contribution in [2.24, 2.45) is 0 Å². The minimum Gasteiger partial charge on any atom is -0.354 e. The number of carbonyl (C=O) groups is 2. The van der Waals surface area contributed by atoms with Crippen LogP contribution in [0.2, 0.25) is 0 Å². The Bertz CT molecular complexity index is 722. The van der Waals surface area contributed by atoms with E-state index < -0.39 is 6.04 Å². The minimum atomic E-state index is -0.498. The smallest absolute Gasteiger partial charge is 0.242 e. The Morgan fingerprint density at radius 1 is 1.00 bits per heavy atom. The quantitative estimate of drug-likeness (QED) is 0.576. The van der Waals surface area contributed by atoms with E-state index in [0.717, 1.165) is 24.2 Å². The van der Waals surface area contributed by atoms with Crippen LogP contribution in [-0.4, -0.2) is 35.1 Å². The molecule has 28 heavy (non-hydrogen) atoms. The van der Waals surface area contributed by atoms with Gasteiger partial charge in [-0.25, -0.2) is 0 Å². The minimum absolute atomic E-state index is 0.0112. The van der Waals surface area contributed by atoms with Gasteiger partial charge in [0, 0.05) is 18.8 Å². The number of hydrogen-bond acceptors (Lipinski definition) is 3. The lowest BCUT2D eigenvalue weighted by Crippen LogP contribution is -2.48. The monoisotopic (exact) mass is 398 g/mol. The Labute approximate surface area is 172 Å². The van der Waals surface area contributed by atoms with E-state index in [-0.39, 0.29) is 11.8 Å². The molecule has 0 saturated heterocycles. The van der Waals surface area contributed by atoms with E-state index in [2.05, 4.69) is 24.4 Å². The van der Waals surface area contributed by atoms with Crippen molar-refractivity contribution in [3.05, 3.63) is 71.8 Å². The average Bonchev–Trinajstić information content (AvgIpc) is 2.73. The SMILES string of the molecule is CCCCNC(=O)[C@@H](C)N(Cc1ccccc1)C(=O)CSCc1ccccc1. The summed E-state index contributed by atoms with van der Waals surface area (Å²) in [5.41, 5.74) is 2.22. The van der Waals surface area contributed by atoms with Crippen molar-refractivity contribution in [3.63, 3.8) is 0 Å². The summed E-state index contributed by atoms with van der Waals surface area (Å²) in [7, 11) is 0. The third-order valence-corrected chi connectivity index (χ3v) is 5.52. The molecule has 0 fully saturated rings. The first-order valence-electron chi connectivity index (χ1n) is 9.84. The van der Waals surface area contributed by atoms with Crippen LogP contribution in [0.1, 0.15) is 37.8 Å². The maximum Gasteiger partial charge on any atom is 0.242 e. The molecule has 1 atom stereocenters. The fourth-order valence-electron chi connectivity index (χ4n) is 2.81. The van der Waals surface area contributed by atoms with Crippen molar-refractivity contribution < 1.29 is 9.59 Å². The van der Waals surface area contributed by atoms with E-state index in [1.165, 1.54) is 5.56 Å². The maximum atomic E-state index is 12.9. The van der Waals surface area contributed by atoms with Crippen molar-refractivity contribution in [1.82, 2.24) is 10.2 Å². The van der Waals surface area contributed by atoms with Crippen molar-refractivity contribution in [1.29, 1.82) is 0 Å². The van der Waals surface area contributed by atoms with Gasteiger partial charge >= 0.3 is 0 Å². The summed E-state index contributed by atoms with van der Waals surface area (Å²) in [5, 5.41) is 2.95. The van der Waals surface area contributed by atoms with Gasteiger partial charge in [-0.2, -0.15) is 0 Å². The predicted molar refractivity (Wildman–Crippen MR) is 117 cm³/mol. The van der Waals surface area contributed by atoms with Gasteiger partial charge in [-0.05, 0) is 24.5 Å². The number of benzene rings is 2. The molecule has 0 spiro atoms. The number of rotatable bonds is 11. The molecule has 0 aliphatic carbocycles. The number of nitrogens with zero attached hydrogens (tertiary/aromatic N) is 1. The molecule has 0 radical (unpaired) electrons. The highest BCUT2D eigenvalue weighted by Gasteiger charge is 2.25. The van der Waals surface area contributed by atoms with Crippen LogP contribution < -0.4 is 5.32 Å². The zero-order chi connectivity index (χ0) is 20.2. The fraction of sp³-hybridized carbons (Fsp3) is 0.391. The van der Waals surface area contributed by atoms with Crippen molar-refractivity contribution in [2.75, 3.05) is 12.3 Å². The lowest BCUT2D eigenvalue weighted by Gasteiger charge is -2.28. The Kier molecular flexibility index (Phi) is 9.63. The zero-order valence-electron chi connectivity index (χ0n) is 16.8. The van der Waals surface area contributed by atoms with Gasteiger partial charge in [0.1, 0.15) is 6.04 Å². The Morgan fingerprint density at radius 3 is 2.21 bits per heavy atom. The molecule has 0 bridgehead atoms. The van der Waals surface area contributed by atoms with Crippen LogP contribution >= 0.6 is 11.8 Å². The molecule has 4 nitrogen and oxygen atoms in total. The van der Waals surface area contributed by atoms with Gasteiger partial charge in [0.15, 0.2) is 0 Å². The van der Waals surface area contributed by atoms with Crippen LogP contribution in [0.4, 0.5) is 0 Å². The summed E-state index contributed by atoms with van der Waals surface area (Å²) in [4.78, 5) is 27.2. The van der Waals surface area contributed by atoms with Crippen LogP contribution in [0, 0.1) is 0 Å². The lowest BCUT2D eigenvalue weighted by atomic mass is 10.1. The number of amides is 2. The lowest BCUT2D eigenvalue weighted by molar-refractivity contribution is -0.138. The first-order chi connectivity index (χ1) is 13.6. The molecular formula is C23H30N2O2S. The fourth-order valence-corrected chi connectivity index (χ4v) is 3.68. The molecule has 0 unspecified atom stereocenters. The maximum absolute atomic E-state index is 12.9. The molecule has 5 heteroatoms. The Balaban J connectivity index is 1.99. The molecule has 2 amide bonds. The molecule has 0 aliphatic rings. The highest BCUT2D eigenvalue weighted by molar-refractivity contribution is 7.99. The summed E-state index contributed by atoms with van der Waals surface area (Å²) >= 11 is 1.58. The number of thioether (sulfide) groups is 1. The number of hydrogen-bond donors (Lipinski definition) is 1. The van der Waals surface area contributed by atoms with Gasteiger partial charge in [0.05, 0.1) is 5.75 Å². The molecule has 0 aliphatic heterocycles. The van der Waals surface area contributed by atoms with Crippen molar-refractivity contribution >= 4 is 23.6 Å². The molecule has 0 saturated carbocycles. The summed E-state index contributed by atoms with van der Waals surface area (Å²) in [6.45, 7) is 4.98. The van der Waals surface area contributed by atoms with E-state index >= 15 is 0 Å². The molecule has 1 N–H and O–H groups in total. The van der Waals surface area contributed by atoms with Crippen LogP contribution in [0.3, 0.4) is 0 Å². The van der Waals surface area contributed by atoms with Gasteiger partial charge in [-0.15, -0.1) is 11.8 Å². The normalized spacial score (nSPS) is 11.6. The summed E-state index contributed by atoms with van der Waals surface area (Å²) < 4.78 is 0. The average molecular weight is 399 g/mol. The third kappa shape index (κ3) is 7.39. The highest BCUT2D eigenvalue weighted by Crippen LogP contribution is 2.15. The number of unbranched alkanes of at least 4 members (excludes halogenated alkanes) is 1. The molecule has 2 rings (SSSR count). The molecular weight excluding hydrogens is 368 g/mol. The van der Waals surface area contributed by atoms with Crippen LogP contribution in [-0.2, 0) is 21.9 Å². The Morgan fingerprint density at radius 2 is 1.61 bits per heavy atom. The largest absolute Gasteiger partial charge is 0.354 e. The molecule has 150 valence electrons. The third-order valence-electron chi connectivity index (χ3n) is 4.53. The second-order valence-electron chi connectivity index (χ2n) is 6.81. The second kappa shape index (κ2) is 12.2. The Hall–Kier alpha value is -2.27. The van der Waals surface area contributed by atoms with E-state index in [9.17, 15) is 9.59 Å². The highest BCUT2D eigenvalue weighted by atomic mass is 32.2. The summed E-state index contributed by atoms with van der Waals surface area (Å²) in [5.74, 6) is 1.03. The second-order valence-corrected chi connectivity index (χ2v) is 7.79. The first-order valence-corrected chi connectivity index (χ1v) is 11.0. The van der Waals surface area contributed by atoms with Gasteiger partial charge in [-0.1, -0.05) is 74.0 Å². The van der Waals surface area contributed by atoms with Crippen LogP contribution in [0.5, 0.6) is 0 Å². The molecule has 0 heterocycles. The molecule has 0 aromatic heterocycles. The molecule has 2 aromatic rings. The topological polar surface area (TPSA) is 49.4 Å². The number of carbonyl (C=O) groups excluding carboxylic acids is 2. The van der Waals surface area contributed by atoms with Crippen LogP contribution in [0.15, 0.2) is 60.7 Å². The predicted octanol–water partition coefficient (Wildman–Crippen LogP) is 4.25. The standard InChI is InChI=1S/C23H30N2O2S/c1-3-4-15-24-23(27)19(2)25(16-20-11-7-5-8-12-20)22(26)18-28-17-21-13-9-6-10-14-21/h5-14,19H,3-4,15-18H2,1-2H3,(H,24,27)/t19-/m1/s1. The summed E-state index contributed by atoms with van der Waals surface area (Å²) in [6.07, 6.45) is 1.97.